The molecule has 1 rings (SSSR count). The van der Waals surface area contributed by atoms with Crippen LogP contribution in [0, 0.1) is 0 Å². The molecule has 1 aromatic rings. The molecule has 0 atom stereocenters. The molecule has 2 amide bonds. The number of nitrogens with zero attached hydrogens (tertiary/aromatic N) is 2. The average molecular weight is 260 g/mol. The molecule has 0 aliphatic rings. The summed E-state index contributed by atoms with van der Waals surface area (Å²) in [7, 11) is 0. The van der Waals surface area contributed by atoms with Gasteiger partial charge in [-0.3, -0.25) is 4.79 Å². The van der Waals surface area contributed by atoms with E-state index in [4.69, 9.17) is 5.11 Å². The van der Waals surface area contributed by atoms with Gasteiger partial charge in [0.15, 0.2) is 0 Å². The van der Waals surface area contributed by atoms with Gasteiger partial charge in [0.2, 0.25) is 0 Å². The second-order valence-corrected chi connectivity index (χ2v) is 3.25. The molecule has 8 heteroatoms. The van der Waals surface area contributed by atoms with Crippen LogP contribution in [0.15, 0.2) is 34.5 Å². The van der Waals surface area contributed by atoms with E-state index in [0.717, 1.165) is 18.2 Å². The summed E-state index contributed by atoms with van der Waals surface area (Å²) in [6, 6.07) is 4.13. The predicted octanol–water partition coefficient (Wildman–Crippen LogP) is 2.90. The molecule has 0 heterocycles. The Morgan fingerprint density at radius 3 is 2.44 bits per heavy atom. The minimum absolute atomic E-state index is 0.0826. The maximum absolute atomic E-state index is 12.4. The van der Waals surface area contributed by atoms with Gasteiger partial charge in [0.05, 0.1) is 12.0 Å². The number of hydrogen-bond donors (Lipinski definition) is 1. The van der Waals surface area contributed by atoms with Crippen LogP contribution < -0.4 is 0 Å². The third-order valence-electron chi connectivity index (χ3n) is 1.86. The molecule has 0 fully saturated rings. The van der Waals surface area contributed by atoms with E-state index in [1.54, 1.807) is 0 Å². The van der Waals surface area contributed by atoms with Gasteiger partial charge < -0.3 is 5.11 Å². The zero-order chi connectivity index (χ0) is 13.8. The summed E-state index contributed by atoms with van der Waals surface area (Å²) in [5, 5.41) is 13.5. The molecule has 0 aliphatic carbocycles. The molecule has 5 nitrogen and oxygen atoms in total. The molecule has 0 bridgehead atoms. The van der Waals surface area contributed by atoms with E-state index in [2.05, 4.69) is 10.2 Å². The molecule has 0 radical (unpaired) electrons. The number of azo groups is 1. The van der Waals surface area contributed by atoms with Gasteiger partial charge in [0.25, 0.3) is 5.91 Å². The number of carboxylic acid groups (broad SMARTS) is 1. The molecule has 1 N–H and O–H groups in total. The molecule has 0 saturated carbocycles. The smallest absolute Gasteiger partial charge is 0.450 e. The molecular weight excluding hydrogens is 253 g/mol. The van der Waals surface area contributed by atoms with Crippen molar-refractivity contribution >= 4 is 12.0 Å². The molecule has 18 heavy (non-hydrogen) atoms. The average Bonchev–Trinajstić information content (AvgIpc) is 2.25. The normalized spacial score (nSPS) is 11.7. The Kier molecular flexibility index (Phi) is 4.13. The SMILES string of the molecule is O=C(O)N=NC(=O)Cc1cccc(C(F)(F)F)c1. The molecular formula is C10H7F3N2O3. The van der Waals surface area contributed by atoms with E-state index in [1.807, 2.05) is 0 Å². The van der Waals surface area contributed by atoms with Gasteiger partial charge in [-0.15, -0.1) is 5.11 Å². The van der Waals surface area contributed by atoms with Crippen LogP contribution in [0.25, 0.3) is 0 Å². The lowest BCUT2D eigenvalue weighted by Crippen LogP contribution is -2.06. The summed E-state index contributed by atoms with van der Waals surface area (Å²) < 4.78 is 37.1. The highest BCUT2D eigenvalue weighted by atomic mass is 19.4. The van der Waals surface area contributed by atoms with E-state index in [9.17, 15) is 22.8 Å². The Bertz CT molecular complexity index is 497. The quantitative estimate of drug-likeness (QED) is 0.830. The maximum Gasteiger partial charge on any atom is 0.450 e. The van der Waals surface area contributed by atoms with Gasteiger partial charge in [-0.05, 0) is 11.6 Å². The number of alkyl halides is 3. The Labute approximate surface area is 99.0 Å². The van der Waals surface area contributed by atoms with Crippen molar-refractivity contribution in [3.05, 3.63) is 35.4 Å². The largest absolute Gasteiger partial charge is 0.462 e. The highest BCUT2D eigenvalue weighted by Gasteiger charge is 2.30. The number of rotatable bonds is 2. The van der Waals surface area contributed by atoms with Crippen molar-refractivity contribution in [1.29, 1.82) is 0 Å². The van der Waals surface area contributed by atoms with Crippen LogP contribution in [0.1, 0.15) is 11.1 Å². The lowest BCUT2D eigenvalue weighted by atomic mass is 10.1. The van der Waals surface area contributed by atoms with E-state index >= 15 is 0 Å². The van der Waals surface area contributed by atoms with E-state index < -0.39 is 30.2 Å². The minimum Gasteiger partial charge on any atom is -0.462 e. The molecule has 0 spiro atoms. The summed E-state index contributed by atoms with van der Waals surface area (Å²) in [5.41, 5.74) is -0.804. The van der Waals surface area contributed by atoms with Gasteiger partial charge in [-0.1, -0.05) is 23.3 Å². The van der Waals surface area contributed by atoms with Gasteiger partial charge >= 0.3 is 12.3 Å². The number of amides is 2. The standard InChI is InChI=1S/C10H7F3N2O3/c11-10(12,13)7-3-1-2-6(4-7)5-8(16)14-15-9(17)18/h1-4H,5H2,(H,17,18). The first-order valence-corrected chi connectivity index (χ1v) is 4.62. The van der Waals surface area contributed by atoms with Gasteiger partial charge in [-0.25, -0.2) is 4.79 Å². The minimum atomic E-state index is -4.50. The van der Waals surface area contributed by atoms with Crippen molar-refractivity contribution in [1.82, 2.24) is 0 Å². The fourth-order valence-electron chi connectivity index (χ4n) is 1.17. The maximum atomic E-state index is 12.4. The topological polar surface area (TPSA) is 79.1 Å². The fourth-order valence-corrected chi connectivity index (χ4v) is 1.17. The first-order valence-electron chi connectivity index (χ1n) is 4.62. The number of carbonyl (C=O) groups excluding carboxylic acids is 1. The molecule has 1 aromatic carbocycles. The second-order valence-electron chi connectivity index (χ2n) is 3.25. The van der Waals surface area contributed by atoms with E-state index in [1.165, 1.54) is 6.07 Å². The zero-order valence-electron chi connectivity index (χ0n) is 8.81. The molecule has 0 saturated heterocycles. The Morgan fingerprint density at radius 2 is 1.89 bits per heavy atom. The zero-order valence-corrected chi connectivity index (χ0v) is 8.81. The molecule has 0 aromatic heterocycles. The summed E-state index contributed by atoms with van der Waals surface area (Å²) in [6.07, 6.45) is -6.59. The summed E-state index contributed by atoms with van der Waals surface area (Å²) in [4.78, 5) is 21.1. The van der Waals surface area contributed by atoms with Crippen LogP contribution >= 0.6 is 0 Å². The first kappa shape index (κ1) is 13.8. The van der Waals surface area contributed by atoms with E-state index in [0.29, 0.717) is 0 Å². The van der Waals surface area contributed by atoms with Crippen LogP contribution in [0.3, 0.4) is 0 Å². The van der Waals surface area contributed by atoms with Gasteiger partial charge in [0, 0.05) is 0 Å². The molecule has 96 valence electrons. The fraction of sp³-hybridized carbons (Fsp3) is 0.200. The van der Waals surface area contributed by atoms with Gasteiger partial charge in [-0.2, -0.15) is 13.2 Å². The van der Waals surface area contributed by atoms with Crippen LogP contribution in [-0.2, 0) is 17.4 Å². The summed E-state index contributed by atoms with van der Waals surface area (Å²) >= 11 is 0. The van der Waals surface area contributed by atoms with Crippen LogP contribution in [0.4, 0.5) is 18.0 Å². The van der Waals surface area contributed by atoms with E-state index in [-0.39, 0.29) is 5.56 Å². The van der Waals surface area contributed by atoms with Crippen molar-refractivity contribution in [3.8, 4) is 0 Å². The second kappa shape index (κ2) is 5.39. The first-order chi connectivity index (χ1) is 8.29. The predicted molar refractivity (Wildman–Crippen MR) is 53.0 cm³/mol. The Morgan fingerprint density at radius 1 is 1.22 bits per heavy atom. The summed E-state index contributed by atoms with van der Waals surface area (Å²) in [5.74, 6) is -0.934. The molecule has 0 unspecified atom stereocenters. The Hall–Kier alpha value is -2.25. The van der Waals surface area contributed by atoms with Crippen molar-refractivity contribution in [2.75, 3.05) is 0 Å². The van der Waals surface area contributed by atoms with Crippen LogP contribution in [0.5, 0.6) is 0 Å². The highest BCUT2D eigenvalue weighted by molar-refractivity contribution is 5.80. The number of carbonyl (C=O) groups is 2. The molecule has 0 aliphatic heterocycles. The number of benzene rings is 1. The van der Waals surface area contributed by atoms with Crippen LogP contribution in [-0.4, -0.2) is 17.1 Å². The van der Waals surface area contributed by atoms with Crippen molar-refractivity contribution < 1.29 is 27.9 Å². The highest BCUT2D eigenvalue weighted by Crippen LogP contribution is 2.29. The monoisotopic (exact) mass is 260 g/mol. The van der Waals surface area contributed by atoms with Gasteiger partial charge in [0.1, 0.15) is 0 Å². The third-order valence-corrected chi connectivity index (χ3v) is 1.86. The number of hydrogen-bond acceptors (Lipinski definition) is 2. The van der Waals surface area contributed by atoms with Crippen molar-refractivity contribution in [2.45, 2.75) is 12.6 Å². The third kappa shape index (κ3) is 4.32. The Balaban J connectivity index is 2.80. The summed E-state index contributed by atoms with van der Waals surface area (Å²) in [6.45, 7) is 0. The van der Waals surface area contributed by atoms with Crippen molar-refractivity contribution in [3.63, 3.8) is 0 Å². The van der Waals surface area contributed by atoms with Crippen molar-refractivity contribution in [2.24, 2.45) is 10.2 Å². The number of halogens is 3. The lowest BCUT2D eigenvalue weighted by Gasteiger charge is -2.07. The van der Waals surface area contributed by atoms with Crippen LogP contribution in [0.2, 0.25) is 0 Å². The lowest BCUT2D eigenvalue weighted by molar-refractivity contribution is -0.137.